The van der Waals surface area contributed by atoms with Crippen molar-refractivity contribution < 1.29 is 14.6 Å². The van der Waals surface area contributed by atoms with E-state index in [-0.39, 0.29) is 11.5 Å². The predicted molar refractivity (Wildman–Crippen MR) is 87.0 cm³/mol. The predicted octanol–water partition coefficient (Wildman–Crippen LogP) is 3.59. The molecule has 120 valence electrons. The van der Waals surface area contributed by atoms with Crippen LogP contribution in [0.15, 0.2) is 23.0 Å². The maximum Gasteiger partial charge on any atom is 0.294 e. The summed E-state index contributed by atoms with van der Waals surface area (Å²) in [7, 11) is 0. The highest BCUT2D eigenvalue weighted by Gasteiger charge is 2.13. The molecule has 0 aliphatic carbocycles. The molecule has 0 atom stereocenters. The molecule has 0 spiro atoms. The van der Waals surface area contributed by atoms with Gasteiger partial charge in [0.1, 0.15) is 5.75 Å². The molecule has 0 unspecified atom stereocenters. The first-order chi connectivity index (χ1) is 10.7. The molecule has 5 nitrogen and oxygen atoms in total. The van der Waals surface area contributed by atoms with E-state index < -0.39 is 5.56 Å². The monoisotopic (exact) mass is 305 g/mol. The van der Waals surface area contributed by atoms with Crippen LogP contribution in [0.5, 0.6) is 17.2 Å². The number of benzene rings is 1. The van der Waals surface area contributed by atoms with Gasteiger partial charge >= 0.3 is 0 Å². The molecule has 1 aromatic carbocycles. The Labute approximate surface area is 129 Å². The zero-order valence-corrected chi connectivity index (χ0v) is 13.1. The fourth-order valence-corrected chi connectivity index (χ4v) is 2.13. The van der Waals surface area contributed by atoms with Crippen molar-refractivity contribution in [2.24, 2.45) is 0 Å². The summed E-state index contributed by atoms with van der Waals surface area (Å²) in [4.78, 5) is 14.5. The molecule has 1 heterocycles. The third-order valence-electron chi connectivity index (χ3n) is 3.42. The third-order valence-corrected chi connectivity index (χ3v) is 3.42. The topological polar surface area (TPSA) is 71.5 Å². The Morgan fingerprint density at radius 2 is 1.77 bits per heavy atom. The van der Waals surface area contributed by atoms with Crippen LogP contribution in [-0.4, -0.2) is 23.3 Å². The van der Waals surface area contributed by atoms with Gasteiger partial charge in [0.15, 0.2) is 5.75 Å². The zero-order chi connectivity index (χ0) is 15.9. The molecule has 0 bridgehead atoms. The molecule has 1 aromatic heterocycles. The lowest BCUT2D eigenvalue weighted by molar-refractivity contribution is 0.294. The minimum absolute atomic E-state index is 0.243. The van der Waals surface area contributed by atoms with Gasteiger partial charge in [-0.15, -0.1) is 0 Å². The van der Waals surface area contributed by atoms with E-state index in [4.69, 9.17) is 9.47 Å². The van der Waals surface area contributed by atoms with Crippen molar-refractivity contribution >= 4 is 10.9 Å². The first-order valence-electron chi connectivity index (χ1n) is 7.82. The van der Waals surface area contributed by atoms with E-state index >= 15 is 0 Å². The quantitative estimate of drug-likeness (QED) is 0.731. The summed E-state index contributed by atoms with van der Waals surface area (Å²) in [6.45, 7) is 5.27. The number of H-pyrrole nitrogens is 1. The van der Waals surface area contributed by atoms with Gasteiger partial charge in [-0.05, 0) is 25.0 Å². The van der Waals surface area contributed by atoms with Gasteiger partial charge in [0.05, 0.1) is 18.7 Å². The number of hydrogen-bond acceptors (Lipinski definition) is 4. The average molecular weight is 305 g/mol. The highest BCUT2D eigenvalue weighted by Crippen LogP contribution is 2.32. The van der Waals surface area contributed by atoms with Gasteiger partial charge in [-0.25, -0.2) is 0 Å². The van der Waals surface area contributed by atoms with Crippen molar-refractivity contribution in [1.29, 1.82) is 0 Å². The Morgan fingerprint density at radius 3 is 2.45 bits per heavy atom. The lowest BCUT2D eigenvalue weighted by Crippen LogP contribution is -2.09. The molecular formula is C17H23NO4. The number of fused-ring (bicyclic) bond motifs is 1. The number of hydrogen-bond donors (Lipinski definition) is 2. The Kier molecular flexibility index (Phi) is 5.69. The lowest BCUT2D eigenvalue weighted by Gasteiger charge is -2.12. The highest BCUT2D eigenvalue weighted by atomic mass is 16.5. The number of rotatable bonds is 8. The van der Waals surface area contributed by atoms with Crippen molar-refractivity contribution in [2.75, 3.05) is 13.2 Å². The second kappa shape index (κ2) is 7.73. The minimum Gasteiger partial charge on any atom is -0.500 e. The van der Waals surface area contributed by atoms with Crippen LogP contribution in [0.1, 0.15) is 39.5 Å². The zero-order valence-electron chi connectivity index (χ0n) is 13.1. The number of pyridine rings is 1. The van der Waals surface area contributed by atoms with Crippen LogP contribution in [0, 0.1) is 0 Å². The Morgan fingerprint density at radius 1 is 1.09 bits per heavy atom. The summed E-state index contributed by atoms with van der Waals surface area (Å²) in [5.74, 6) is 0.567. The number of aromatic nitrogens is 1. The third kappa shape index (κ3) is 3.72. The molecule has 0 saturated carbocycles. The van der Waals surface area contributed by atoms with Gasteiger partial charge in [0.25, 0.3) is 5.56 Å². The molecule has 2 aromatic rings. The van der Waals surface area contributed by atoms with Gasteiger partial charge in [0.2, 0.25) is 5.75 Å². The van der Waals surface area contributed by atoms with Crippen LogP contribution < -0.4 is 15.0 Å². The first-order valence-corrected chi connectivity index (χ1v) is 7.82. The fourth-order valence-electron chi connectivity index (χ4n) is 2.13. The van der Waals surface area contributed by atoms with E-state index in [2.05, 4.69) is 18.8 Å². The first kappa shape index (κ1) is 16.2. The van der Waals surface area contributed by atoms with Gasteiger partial charge in [0, 0.05) is 11.5 Å². The number of ether oxygens (including phenoxy) is 2. The summed E-state index contributed by atoms with van der Waals surface area (Å²) >= 11 is 0. The molecule has 0 amide bonds. The van der Waals surface area contributed by atoms with Gasteiger partial charge in [-0.1, -0.05) is 26.7 Å². The summed E-state index contributed by atoms with van der Waals surface area (Å²) in [5.41, 5.74) is 0.0491. The van der Waals surface area contributed by atoms with Gasteiger partial charge in [-0.2, -0.15) is 0 Å². The van der Waals surface area contributed by atoms with Crippen LogP contribution in [0.4, 0.5) is 0 Å². The van der Waals surface area contributed by atoms with Gasteiger partial charge < -0.3 is 19.6 Å². The van der Waals surface area contributed by atoms with E-state index in [9.17, 15) is 9.90 Å². The standard InChI is InChI=1S/C17H23NO4/c1-3-5-9-21-12-7-8-13-14(11-12)18-17(20)15(19)16(13)22-10-6-4-2/h7-8,11,19H,3-6,9-10H2,1-2H3,(H,18,20). The normalized spacial score (nSPS) is 10.8. The molecule has 22 heavy (non-hydrogen) atoms. The second-order valence-electron chi connectivity index (χ2n) is 5.24. The molecule has 2 rings (SSSR count). The highest BCUT2D eigenvalue weighted by molar-refractivity contribution is 5.88. The maximum absolute atomic E-state index is 11.8. The molecule has 0 aliphatic heterocycles. The van der Waals surface area contributed by atoms with E-state index in [1.165, 1.54) is 0 Å². The average Bonchev–Trinajstić information content (AvgIpc) is 2.51. The van der Waals surface area contributed by atoms with Crippen molar-refractivity contribution in [2.45, 2.75) is 39.5 Å². The lowest BCUT2D eigenvalue weighted by atomic mass is 10.2. The summed E-state index contributed by atoms with van der Waals surface area (Å²) in [6.07, 6.45) is 3.90. The smallest absolute Gasteiger partial charge is 0.294 e. The Balaban J connectivity index is 2.33. The number of unbranched alkanes of at least 4 members (excludes halogenated alkanes) is 2. The van der Waals surface area contributed by atoms with Crippen molar-refractivity contribution in [3.8, 4) is 17.2 Å². The SMILES string of the molecule is CCCCOc1ccc2c(OCCCC)c(O)c(=O)[nH]c2c1. The minimum atomic E-state index is -0.551. The Hall–Kier alpha value is -2.17. The molecule has 5 heteroatoms. The van der Waals surface area contributed by atoms with Crippen LogP contribution >= 0.6 is 0 Å². The number of aromatic amines is 1. The van der Waals surface area contributed by atoms with Crippen molar-refractivity contribution in [3.05, 3.63) is 28.6 Å². The van der Waals surface area contributed by atoms with Crippen LogP contribution in [0.3, 0.4) is 0 Å². The largest absolute Gasteiger partial charge is 0.500 e. The van der Waals surface area contributed by atoms with Crippen LogP contribution in [-0.2, 0) is 0 Å². The van der Waals surface area contributed by atoms with Crippen LogP contribution in [0.25, 0.3) is 10.9 Å². The second-order valence-corrected chi connectivity index (χ2v) is 5.24. The number of aromatic hydroxyl groups is 1. The van der Waals surface area contributed by atoms with E-state index in [0.29, 0.717) is 29.9 Å². The number of nitrogens with one attached hydrogen (secondary N) is 1. The van der Waals surface area contributed by atoms with E-state index in [1.54, 1.807) is 12.1 Å². The van der Waals surface area contributed by atoms with Crippen molar-refractivity contribution in [1.82, 2.24) is 4.98 Å². The summed E-state index contributed by atoms with van der Waals surface area (Å²) in [5, 5.41) is 10.6. The van der Waals surface area contributed by atoms with E-state index in [0.717, 1.165) is 25.7 Å². The molecular weight excluding hydrogens is 282 g/mol. The molecule has 0 aliphatic rings. The van der Waals surface area contributed by atoms with Crippen molar-refractivity contribution in [3.63, 3.8) is 0 Å². The molecule has 0 radical (unpaired) electrons. The molecule has 0 saturated heterocycles. The molecule has 2 N–H and O–H groups in total. The van der Waals surface area contributed by atoms with Gasteiger partial charge in [-0.3, -0.25) is 4.79 Å². The molecule has 0 fully saturated rings. The maximum atomic E-state index is 11.8. The fraction of sp³-hybridized carbons (Fsp3) is 0.471. The summed E-state index contributed by atoms with van der Waals surface area (Å²) < 4.78 is 11.2. The van der Waals surface area contributed by atoms with Crippen LogP contribution in [0.2, 0.25) is 0 Å². The summed E-state index contributed by atoms with van der Waals surface area (Å²) in [6, 6.07) is 5.38. The van der Waals surface area contributed by atoms with E-state index in [1.807, 2.05) is 6.07 Å². The Bertz CT molecular complexity index is 678.